The fourth-order valence-electron chi connectivity index (χ4n) is 2.38. The van der Waals surface area contributed by atoms with Crippen molar-refractivity contribution in [3.63, 3.8) is 0 Å². The summed E-state index contributed by atoms with van der Waals surface area (Å²) in [4.78, 5) is 0. The van der Waals surface area contributed by atoms with Gasteiger partial charge in [0.15, 0.2) is 0 Å². The first kappa shape index (κ1) is 15.4. The van der Waals surface area contributed by atoms with Crippen molar-refractivity contribution in [2.45, 2.75) is 19.4 Å². The van der Waals surface area contributed by atoms with Crippen LogP contribution in [0.25, 0.3) is 0 Å². The SMILES string of the molecule is CCc1ccc(C(NN)c2cc(OC)ccc2OC)cc1. The number of hydrogen-bond acceptors (Lipinski definition) is 4. The van der Waals surface area contributed by atoms with E-state index in [1.165, 1.54) is 5.56 Å². The van der Waals surface area contributed by atoms with Crippen LogP contribution in [0.2, 0.25) is 0 Å². The van der Waals surface area contributed by atoms with Crippen molar-refractivity contribution in [3.8, 4) is 11.5 Å². The molecule has 1 atom stereocenters. The van der Waals surface area contributed by atoms with E-state index in [0.717, 1.165) is 29.0 Å². The van der Waals surface area contributed by atoms with Gasteiger partial charge in [0.1, 0.15) is 11.5 Å². The molecule has 0 spiro atoms. The van der Waals surface area contributed by atoms with Crippen LogP contribution in [0.5, 0.6) is 11.5 Å². The van der Waals surface area contributed by atoms with E-state index >= 15 is 0 Å². The van der Waals surface area contributed by atoms with Gasteiger partial charge in [-0.15, -0.1) is 0 Å². The second-order valence-corrected chi connectivity index (χ2v) is 4.80. The van der Waals surface area contributed by atoms with Gasteiger partial charge in [0.2, 0.25) is 0 Å². The molecule has 0 heterocycles. The van der Waals surface area contributed by atoms with Crippen molar-refractivity contribution in [2.75, 3.05) is 14.2 Å². The van der Waals surface area contributed by atoms with Crippen LogP contribution in [0, 0.1) is 0 Å². The quantitative estimate of drug-likeness (QED) is 0.633. The third-order valence-electron chi connectivity index (χ3n) is 3.64. The van der Waals surface area contributed by atoms with E-state index in [9.17, 15) is 0 Å². The van der Waals surface area contributed by atoms with Crippen LogP contribution >= 0.6 is 0 Å². The molecule has 1 unspecified atom stereocenters. The molecule has 0 aliphatic carbocycles. The van der Waals surface area contributed by atoms with Gasteiger partial charge in [-0.1, -0.05) is 31.2 Å². The molecule has 4 nitrogen and oxygen atoms in total. The monoisotopic (exact) mass is 286 g/mol. The first-order valence-electron chi connectivity index (χ1n) is 7.00. The molecule has 0 aliphatic heterocycles. The second kappa shape index (κ2) is 7.11. The maximum Gasteiger partial charge on any atom is 0.124 e. The van der Waals surface area contributed by atoms with Crippen LogP contribution in [0.4, 0.5) is 0 Å². The van der Waals surface area contributed by atoms with Crippen LogP contribution in [0.15, 0.2) is 42.5 Å². The highest BCUT2D eigenvalue weighted by Crippen LogP contribution is 2.32. The standard InChI is InChI=1S/C17H22N2O2/c1-4-12-5-7-13(8-6-12)17(19-18)15-11-14(20-2)9-10-16(15)21-3/h5-11,17,19H,4,18H2,1-3H3. The summed E-state index contributed by atoms with van der Waals surface area (Å²) >= 11 is 0. The lowest BCUT2D eigenvalue weighted by Gasteiger charge is -2.20. The van der Waals surface area contributed by atoms with E-state index in [0.29, 0.717) is 0 Å². The minimum absolute atomic E-state index is 0.152. The van der Waals surface area contributed by atoms with Gasteiger partial charge in [-0.3, -0.25) is 5.84 Å². The smallest absolute Gasteiger partial charge is 0.124 e. The van der Waals surface area contributed by atoms with E-state index in [2.05, 4.69) is 36.6 Å². The number of hydrogen-bond donors (Lipinski definition) is 2. The number of ether oxygens (including phenoxy) is 2. The molecule has 0 aliphatic rings. The van der Waals surface area contributed by atoms with Crippen molar-refractivity contribution in [2.24, 2.45) is 5.84 Å². The number of hydrazine groups is 1. The molecule has 0 amide bonds. The molecule has 2 aromatic carbocycles. The lowest BCUT2D eigenvalue weighted by molar-refractivity contribution is 0.394. The number of nitrogens with one attached hydrogen (secondary N) is 1. The highest BCUT2D eigenvalue weighted by Gasteiger charge is 2.18. The number of methoxy groups -OCH3 is 2. The Balaban J connectivity index is 2.43. The van der Waals surface area contributed by atoms with Gasteiger partial charge in [-0.2, -0.15) is 0 Å². The summed E-state index contributed by atoms with van der Waals surface area (Å²) in [6.45, 7) is 2.14. The summed E-state index contributed by atoms with van der Waals surface area (Å²) in [5.41, 5.74) is 6.19. The third kappa shape index (κ3) is 3.35. The van der Waals surface area contributed by atoms with E-state index in [4.69, 9.17) is 15.3 Å². The van der Waals surface area contributed by atoms with Crippen molar-refractivity contribution in [1.29, 1.82) is 0 Å². The molecule has 2 rings (SSSR count). The van der Waals surface area contributed by atoms with Gasteiger partial charge in [0.05, 0.1) is 20.3 Å². The molecule has 0 saturated heterocycles. The van der Waals surface area contributed by atoms with Gasteiger partial charge < -0.3 is 9.47 Å². The lowest BCUT2D eigenvalue weighted by Crippen LogP contribution is -2.29. The zero-order valence-corrected chi connectivity index (χ0v) is 12.7. The topological polar surface area (TPSA) is 56.5 Å². The molecule has 112 valence electrons. The molecule has 0 fully saturated rings. The summed E-state index contributed by atoms with van der Waals surface area (Å²) in [5, 5.41) is 0. The summed E-state index contributed by atoms with van der Waals surface area (Å²) < 4.78 is 10.7. The van der Waals surface area contributed by atoms with E-state index < -0.39 is 0 Å². The molecule has 0 aromatic heterocycles. The summed E-state index contributed by atoms with van der Waals surface area (Å²) in [5.74, 6) is 7.33. The van der Waals surface area contributed by atoms with Gasteiger partial charge in [0.25, 0.3) is 0 Å². The maximum absolute atomic E-state index is 5.78. The minimum Gasteiger partial charge on any atom is -0.497 e. The molecule has 0 saturated carbocycles. The van der Waals surface area contributed by atoms with Crippen LogP contribution in [0.1, 0.15) is 29.7 Å². The molecule has 4 heteroatoms. The molecule has 3 N–H and O–H groups in total. The first-order valence-corrected chi connectivity index (χ1v) is 7.00. The Labute approximate surface area is 125 Å². The van der Waals surface area contributed by atoms with Crippen LogP contribution in [-0.4, -0.2) is 14.2 Å². The molecular weight excluding hydrogens is 264 g/mol. The van der Waals surface area contributed by atoms with Gasteiger partial charge >= 0.3 is 0 Å². The largest absolute Gasteiger partial charge is 0.497 e. The van der Waals surface area contributed by atoms with Gasteiger partial charge in [-0.25, -0.2) is 5.43 Å². The Bertz CT molecular complexity index is 582. The van der Waals surface area contributed by atoms with Crippen molar-refractivity contribution in [3.05, 3.63) is 59.2 Å². The molecule has 0 radical (unpaired) electrons. The van der Waals surface area contributed by atoms with E-state index in [-0.39, 0.29) is 6.04 Å². The number of aryl methyl sites for hydroxylation is 1. The number of rotatable bonds is 6. The third-order valence-corrected chi connectivity index (χ3v) is 3.64. The summed E-state index contributed by atoms with van der Waals surface area (Å²) in [7, 11) is 3.30. The molecule has 21 heavy (non-hydrogen) atoms. The van der Waals surface area contributed by atoms with Crippen LogP contribution in [-0.2, 0) is 6.42 Å². The Morgan fingerprint density at radius 3 is 2.29 bits per heavy atom. The summed E-state index contributed by atoms with van der Waals surface area (Å²) in [6.07, 6.45) is 1.02. The fraction of sp³-hybridized carbons (Fsp3) is 0.294. The lowest BCUT2D eigenvalue weighted by atomic mass is 9.97. The van der Waals surface area contributed by atoms with Crippen molar-refractivity contribution in [1.82, 2.24) is 5.43 Å². The highest BCUT2D eigenvalue weighted by molar-refractivity contribution is 5.46. The Kier molecular flexibility index (Phi) is 5.20. The predicted molar refractivity (Wildman–Crippen MR) is 84.5 cm³/mol. The summed E-state index contributed by atoms with van der Waals surface area (Å²) in [6, 6.07) is 14.0. The maximum atomic E-state index is 5.78. The van der Waals surface area contributed by atoms with Crippen molar-refractivity contribution >= 4 is 0 Å². The van der Waals surface area contributed by atoms with Crippen LogP contribution < -0.4 is 20.7 Å². The predicted octanol–water partition coefficient (Wildman–Crippen LogP) is 2.82. The van der Waals surface area contributed by atoms with Crippen molar-refractivity contribution < 1.29 is 9.47 Å². The number of nitrogens with two attached hydrogens (primary N) is 1. The highest BCUT2D eigenvalue weighted by atomic mass is 16.5. The second-order valence-electron chi connectivity index (χ2n) is 4.80. The van der Waals surface area contributed by atoms with Gasteiger partial charge in [-0.05, 0) is 35.7 Å². The average molecular weight is 286 g/mol. The zero-order chi connectivity index (χ0) is 15.2. The van der Waals surface area contributed by atoms with Crippen LogP contribution in [0.3, 0.4) is 0 Å². The Hall–Kier alpha value is -2.04. The Morgan fingerprint density at radius 1 is 1.05 bits per heavy atom. The van der Waals surface area contributed by atoms with E-state index in [1.807, 2.05) is 18.2 Å². The molecular formula is C17H22N2O2. The first-order chi connectivity index (χ1) is 10.2. The van der Waals surface area contributed by atoms with Gasteiger partial charge in [0, 0.05) is 5.56 Å². The Morgan fingerprint density at radius 2 is 1.76 bits per heavy atom. The fourth-order valence-corrected chi connectivity index (χ4v) is 2.38. The zero-order valence-electron chi connectivity index (χ0n) is 12.7. The normalized spacial score (nSPS) is 12.0. The minimum atomic E-state index is -0.152. The van der Waals surface area contributed by atoms with E-state index in [1.54, 1.807) is 14.2 Å². The molecule has 0 bridgehead atoms. The molecule has 2 aromatic rings. The average Bonchev–Trinajstić information content (AvgIpc) is 2.56. The number of benzene rings is 2.